The normalized spacial score (nSPS) is 20.1. The van der Waals surface area contributed by atoms with Gasteiger partial charge in [0, 0.05) is 32.1 Å². The Bertz CT molecular complexity index is 1390. The Kier molecular flexibility index (Phi) is 24.8. The van der Waals surface area contributed by atoms with Crippen LogP contribution >= 0.6 is 0 Å². The molecule has 5 atom stereocenters. The van der Waals surface area contributed by atoms with Gasteiger partial charge in [0.2, 0.25) is 23.6 Å². The first-order chi connectivity index (χ1) is 27.0. The number of rotatable bonds is 17. The lowest BCUT2D eigenvalue weighted by Gasteiger charge is -2.23. The van der Waals surface area contributed by atoms with E-state index >= 15 is 0 Å². The zero-order valence-corrected chi connectivity index (χ0v) is 32.5. The number of carbonyl (C=O) groups is 10. The molecule has 1 heterocycles. The third-order valence-corrected chi connectivity index (χ3v) is 9.74. The molecule has 1 aliphatic rings. The number of nitrogens with one attached hydrogen (secondary N) is 4. The first-order valence-corrected chi connectivity index (χ1v) is 19.9. The first kappa shape index (κ1) is 49.9. The van der Waals surface area contributed by atoms with E-state index in [1.165, 1.54) is 6.42 Å². The van der Waals surface area contributed by atoms with E-state index in [0.717, 1.165) is 64.2 Å². The quantitative estimate of drug-likeness (QED) is 0.0953. The third kappa shape index (κ3) is 22.9. The van der Waals surface area contributed by atoms with E-state index in [1.807, 2.05) is 0 Å². The molecule has 0 aliphatic carbocycles. The van der Waals surface area contributed by atoms with Gasteiger partial charge in [-0.1, -0.05) is 77.0 Å². The van der Waals surface area contributed by atoms with Crippen LogP contribution in [0.25, 0.3) is 0 Å². The van der Waals surface area contributed by atoms with E-state index in [-0.39, 0.29) is 12.8 Å². The maximum absolute atomic E-state index is 13.5. The summed E-state index contributed by atoms with van der Waals surface area (Å²) in [6, 6.07) is -6.61. The SMILES string of the molecule is O=C(O)CC[C@H](NC(=O)CC[C@H](NC(=O)CC[C@H](NC(=O)C1C[C@@H](C(=O)O)NC(=O)CCCCCCCCCCCCCCCCC1=O)C(=O)O)C(=O)O)C(=O)O. The van der Waals surface area contributed by atoms with Gasteiger partial charge >= 0.3 is 29.8 Å². The van der Waals surface area contributed by atoms with Gasteiger partial charge in [-0.15, -0.1) is 0 Å². The molecule has 57 heavy (non-hydrogen) atoms. The van der Waals surface area contributed by atoms with E-state index in [0.29, 0.717) is 19.3 Å². The van der Waals surface area contributed by atoms with Gasteiger partial charge in [-0.3, -0.25) is 28.8 Å². The average molecular weight is 813 g/mol. The van der Waals surface area contributed by atoms with Crippen LogP contribution in [0.2, 0.25) is 0 Å². The number of aliphatic carboxylic acids is 5. The molecule has 9 N–H and O–H groups in total. The Hall–Kier alpha value is -5.10. The van der Waals surface area contributed by atoms with Crippen molar-refractivity contribution >= 4 is 59.3 Å². The van der Waals surface area contributed by atoms with Crippen molar-refractivity contribution in [3.05, 3.63) is 0 Å². The summed E-state index contributed by atoms with van der Waals surface area (Å²) in [6.45, 7) is 0. The van der Waals surface area contributed by atoms with Crippen LogP contribution < -0.4 is 21.3 Å². The lowest BCUT2D eigenvalue weighted by molar-refractivity contribution is -0.146. The highest BCUT2D eigenvalue weighted by Gasteiger charge is 2.35. The lowest BCUT2D eigenvalue weighted by Crippen LogP contribution is -2.49. The van der Waals surface area contributed by atoms with Crippen molar-refractivity contribution in [2.75, 3.05) is 0 Å². The molecule has 0 aromatic heterocycles. The third-order valence-electron chi connectivity index (χ3n) is 9.74. The molecule has 322 valence electrons. The molecule has 1 saturated heterocycles. The highest BCUT2D eigenvalue weighted by atomic mass is 16.4. The minimum atomic E-state index is -1.77. The van der Waals surface area contributed by atoms with E-state index in [1.54, 1.807) is 0 Å². The molecule has 1 unspecified atom stereocenters. The Balaban J connectivity index is 2.97. The predicted octanol–water partition coefficient (Wildman–Crippen LogP) is 2.52. The smallest absolute Gasteiger partial charge is 0.326 e. The summed E-state index contributed by atoms with van der Waals surface area (Å²) in [4.78, 5) is 123. The summed E-state index contributed by atoms with van der Waals surface area (Å²) in [6.07, 6.45) is 9.03. The molecular formula is C38H60N4O15. The Morgan fingerprint density at radius 2 is 0.895 bits per heavy atom. The van der Waals surface area contributed by atoms with Gasteiger partial charge in [0.25, 0.3) is 0 Å². The fourth-order valence-corrected chi connectivity index (χ4v) is 6.38. The fourth-order valence-electron chi connectivity index (χ4n) is 6.38. The maximum Gasteiger partial charge on any atom is 0.326 e. The maximum atomic E-state index is 13.5. The number of carboxylic acid groups (broad SMARTS) is 5. The van der Waals surface area contributed by atoms with Gasteiger partial charge in [0.05, 0.1) is 5.92 Å². The van der Waals surface area contributed by atoms with Crippen LogP contribution in [0, 0.1) is 5.92 Å². The molecule has 19 heteroatoms. The number of hydrogen-bond acceptors (Lipinski definition) is 10. The molecule has 0 saturated carbocycles. The van der Waals surface area contributed by atoms with E-state index in [9.17, 15) is 68.4 Å². The molecule has 0 radical (unpaired) electrons. The number of carboxylic acids is 5. The van der Waals surface area contributed by atoms with Gasteiger partial charge in [-0.2, -0.15) is 0 Å². The molecule has 1 aliphatic heterocycles. The second-order valence-electron chi connectivity index (χ2n) is 14.5. The summed E-state index contributed by atoms with van der Waals surface area (Å²) in [5.74, 6) is -13.3. The van der Waals surface area contributed by atoms with Gasteiger partial charge < -0.3 is 46.8 Å². The second kappa shape index (κ2) is 28.3. The minimum absolute atomic E-state index is 0.0491. The van der Waals surface area contributed by atoms with Crippen LogP contribution in [0.4, 0.5) is 0 Å². The zero-order chi connectivity index (χ0) is 42.8. The monoisotopic (exact) mass is 812 g/mol. The van der Waals surface area contributed by atoms with Crippen LogP contribution in [-0.4, -0.2) is 109 Å². The van der Waals surface area contributed by atoms with Crippen molar-refractivity contribution in [1.29, 1.82) is 0 Å². The van der Waals surface area contributed by atoms with Crippen LogP contribution in [0.5, 0.6) is 0 Å². The van der Waals surface area contributed by atoms with Crippen LogP contribution in [0.3, 0.4) is 0 Å². The van der Waals surface area contributed by atoms with Gasteiger partial charge in [-0.05, 0) is 38.5 Å². The molecule has 0 bridgehead atoms. The summed E-state index contributed by atoms with van der Waals surface area (Å²) in [5.41, 5.74) is 0. The topological polar surface area (TPSA) is 320 Å². The minimum Gasteiger partial charge on any atom is -0.481 e. The summed E-state index contributed by atoms with van der Waals surface area (Å²) in [7, 11) is 0. The number of hydrogen-bond donors (Lipinski definition) is 9. The summed E-state index contributed by atoms with van der Waals surface area (Å²) in [5, 5.41) is 56.1. The van der Waals surface area contributed by atoms with Crippen molar-refractivity contribution in [2.45, 2.75) is 172 Å². The molecular weight excluding hydrogens is 752 g/mol. The van der Waals surface area contributed by atoms with E-state index in [4.69, 9.17) is 5.11 Å². The van der Waals surface area contributed by atoms with Crippen LogP contribution in [0.15, 0.2) is 0 Å². The summed E-state index contributed by atoms with van der Waals surface area (Å²) < 4.78 is 0. The predicted molar refractivity (Wildman–Crippen MR) is 201 cm³/mol. The van der Waals surface area contributed by atoms with Crippen LogP contribution in [0.1, 0.15) is 148 Å². The molecule has 19 nitrogen and oxygen atoms in total. The molecule has 0 spiro atoms. The van der Waals surface area contributed by atoms with Crippen LogP contribution in [-0.2, 0) is 47.9 Å². The van der Waals surface area contributed by atoms with E-state index in [2.05, 4.69) is 21.3 Å². The van der Waals surface area contributed by atoms with Crippen molar-refractivity contribution in [3.63, 3.8) is 0 Å². The Morgan fingerprint density at radius 1 is 0.526 bits per heavy atom. The second-order valence-corrected chi connectivity index (χ2v) is 14.5. The largest absolute Gasteiger partial charge is 0.481 e. The standard InChI is InChI=1S/C38H60N4O15/c43-29-15-13-11-9-7-5-3-1-2-4-6-8-10-12-14-16-30(44)41-28(38(56)57)23-24(29)34(49)42-27(37(54)55)18-21-32(46)39-25(35(50)51)17-20-31(45)40-26(36(52)53)19-22-33(47)48/h24-28H,1-23H2,(H,39,46)(H,40,45)(H,41,44)(H,42,49)(H,47,48)(H,50,51)(H,52,53)(H,54,55)(H,56,57)/t24?,25-,26-,27-,28-/m0/s1. The number of Topliss-reactive ketones (excluding diaryl/α,β-unsaturated/α-hetero) is 1. The molecule has 1 fully saturated rings. The number of amides is 4. The zero-order valence-electron chi connectivity index (χ0n) is 32.5. The average Bonchev–Trinajstić information content (AvgIpc) is 3.13. The van der Waals surface area contributed by atoms with Crippen molar-refractivity contribution in [1.82, 2.24) is 21.3 Å². The Labute approximate surface area is 331 Å². The van der Waals surface area contributed by atoms with Crippen molar-refractivity contribution in [2.24, 2.45) is 5.92 Å². The van der Waals surface area contributed by atoms with Crippen molar-refractivity contribution in [3.8, 4) is 0 Å². The molecule has 0 aromatic rings. The molecule has 1 rings (SSSR count). The highest BCUT2D eigenvalue weighted by molar-refractivity contribution is 6.03. The lowest BCUT2D eigenvalue weighted by atomic mass is 9.90. The van der Waals surface area contributed by atoms with Crippen molar-refractivity contribution < 1.29 is 73.5 Å². The van der Waals surface area contributed by atoms with E-state index < -0.39 is 134 Å². The molecule has 4 amide bonds. The summed E-state index contributed by atoms with van der Waals surface area (Å²) >= 11 is 0. The van der Waals surface area contributed by atoms with Gasteiger partial charge in [0.15, 0.2) is 0 Å². The van der Waals surface area contributed by atoms with Gasteiger partial charge in [-0.25, -0.2) is 19.2 Å². The number of carbonyl (C=O) groups excluding carboxylic acids is 5. The fraction of sp³-hybridized carbons (Fsp3) is 0.737. The highest BCUT2D eigenvalue weighted by Crippen LogP contribution is 2.18. The molecule has 0 aromatic carbocycles. The van der Waals surface area contributed by atoms with Gasteiger partial charge in [0.1, 0.15) is 30.0 Å². The Morgan fingerprint density at radius 3 is 1.28 bits per heavy atom. The first-order valence-electron chi connectivity index (χ1n) is 19.9. The number of ketones is 1.